The summed E-state index contributed by atoms with van der Waals surface area (Å²) in [5.41, 5.74) is 2.30. The fraction of sp³-hybridized carbons (Fsp3) is 0. The highest BCUT2D eigenvalue weighted by Gasteiger charge is 2.28. The van der Waals surface area contributed by atoms with E-state index in [0.29, 0.717) is 22.3 Å². The molecule has 0 saturated heterocycles. The average Bonchev–Trinajstić information content (AvgIpc) is 3.11. The van der Waals surface area contributed by atoms with Gasteiger partial charge in [0.15, 0.2) is 22.4 Å². The fourth-order valence-electron chi connectivity index (χ4n) is 5.55. The Kier molecular flexibility index (Phi) is 7.89. The van der Waals surface area contributed by atoms with Crippen molar-refractivity contribution >= 4 is 74.6 Å². The number of rotatable bonds is 0. The Labute approximate surface area is 271 Å². The van der Waals surface area contributed by atoms with E-state index in [-0.39, 0.29) is 22.4 Å². The number of hydrogen-bond acceptors (Lipinski definition) is 6. The molecule has 8 aromatic rings. The second-order valence-electron chi connectivity index (χ2n) is 10.6. The van der Waals surface area contributed by atoms with Gasteiger partial charge in [-0.25, -0.2) is 0 Å². The molecular weight excluding hydrogens is 609 g/mol. The first-order valence-corrected chi connectivity index (χ1v) is 16.2. The van der Waals surface area contributed by atoms with Crippen molar-refractivity contribution in [1.82, 2.24) is 0 Å². The molecule has 2 heterocycles. The number of carbonyl (C=O) groups excluding carboxylic acids is 2. The van der Waals surface area contributed by atoms with Crippen LogP contribution in [0.4, 0.5) is 0 Å². The van der Waals surface area contributed by atoms with Crippen LogP contribution in [0.3, 0.4) is 0 Å². The minimum Gasteiger partial charge on any atom is -0.289 e. The minimum absolute atomic E-state index is 0.0641. The zero-order valence-corrected chi connectivity index (χ0v) is 25.9. The van der Waals surface area contributed by atoms with E-state index >= 15 is 0 Å². The van der Waals surface area contributed by atoms with Crippen molar-refractivity contribution in [3.05, 3.63) is 188 Å². The highest BCUT2D eigenvalue weighted by Crippen LogP contribution is 2.27. The summed E-state index contributed by atoms with van der Waals surface area (Å²) in [5, 5.41) is 3.28. The normalized spacial score (nSPS) is 11.7. The van der Waals surface area contributed by atoms with E-state index in [1.807, 2.05) is 97.1 Å². The van der Waals surface area contributed by atoms with Gasteiger partial charge in [0.1, 0.15) is 0 Å². The first-order valence-electron chi connectivity index (χ1n) is 14.6. The van der Waals surface area contributed by atoms with Crippen molar-refractivity contribution in [2.24, 2.45) is 0 Å². The van der Waals surface area contributed by atoms with Crippen molar-refractivity contribution in [2.45, 2.75) is 0 Å². The summed E-state index contributed by atoms with van der Waals surface area (Å²) in [6.45, 7) is 0. The first kappa shape index (κ1) is 29.2. The highest BCUT2D eigenvalue weighted by molar-refractivity contribution is 7.24. The van der Waals surface area contributed by atoms with Crippen LogP contribution in [-0.4, -0.2) is 11.6 Å². The standard InChI is InChI=1S/C14H8O2.2C13H8OS/c15-13-9-5-1-2-6-10(9)14(16)12-8-4-3-7-11(12)13;2*14-13-9-5-1-3-7-11(9)15-12-8-4-2-6-10(12)13/h1-8H;2*1-8H. The van der Waals surface area contributed by atoms with E-state index in [1.165, 1.54) is 0 Å². The maximum Gasteiger partial charge on any atom is 0.195 e. The third-order valence-corrected chi connectivity index (χ3v) is 10.1. The molecular formula is C40H24O4S2. The second kappa shape index (κ2) is 12.4. The Morgan fingerprint density at radius 2 is 0.500 bits per heavy atom. The Balaban J connectivity index is 0.000000110. The van der Waals surface area contributed by atoms with Crippen LogP contribution in [0.5, 0.6) is 0 Å². The number of ketones is 2. The molecule has 6 heteroatoms. The van der Waals surface area contributed by atoms with Crippen molar-refractivity contribution < 1.29 is 9.59 Å². The SMILES string of the molecule is O=C1c2ccccc2C(=O)c2ccccc21.O=c1c2ccccc2sc2ccccc12.O=c1c2ccccc2sc2ccccc12. The Morgan fingerprint density at radius 3 is 0.761 bits per heavy atom. The minimum atomic E-state index is -0.0641. The fourth-order valence-corrected chi connectivity index (χ4v) is 7.69. The van der Waals surface area contributed by atoms with E-state index in [0.717, 1.165) is 40.3 Å². The molecule has 2 aromatic heterocycles. The van der Waals surface area contributed by atoms with Gasteiger partial charge in [-0.1, -0.05) is 97.1 Å². The van der Waals surface area contributed by atoms with Crippen LogP contribution in [0, 0.1) is 0 Å². The number of hydrogen-bond donors (Lipinski definition) is 0. The van der Waals surface area contributed by atoms with E-state index in [4.69, 9.17) is 0 Å². The Hall–Kier alpha value is -5.56. The predicted octanol–water partition coefficient (Wildman–Crippen LogP) is 9.29. The quantitative estimate of drug-likeness (QED) is 0.156. The molecule has 0 bridgehead atoms. The van der Waals surface area contributed by atoms with Crippen LogP contribution in [0.15, 0.2) is 155 Å². The van der Waals surface area contributed by atoms with Crippen molar-refractivity contribution in [3.63, 3.8) is 0 Å². The van der Waals surface area contributed by atoms with Crippen LogP contribution in [-0.2, 0) is 0 Å². The summed E-state index contributed by atoms with van der Waals surface area (Å²) < 4.78 is 4.23. The maximum atomic E-state index is 12.1. The van der Waals surface area contributed by atoms with Crippen LogP contribution in [0.25, 0.3) is 40.3 Å². The lowest BCUT2D eigenvalue weighted by Crippen LogP contribution is -2.20. The van der Waals surface area contributed by atoms with Gasteiger partial charge in [0.2, 0.25) is 0 Å². The van der Waals surface area contributed by atoms with Gasteiger partial charge in [-0.3, -0.25) is 19.2 Å². The van der Waals surface area contributed by atoms with Gasteiger partial charge >= 0.3 is 0 Å². The lowest BCUT2D eigenvalue weighted by Gasteiger charge is -2.16. The van der Waals surface area contributed by atoms with Crippen LogP contribution in [0.2, 0.25) is 0 Å². The molecule has 0 atom stereocenters. The Morgan fingerprint density at radius 1 is 0.283 bits per heavy atom. The zero-order valence-electron chi connectivity index (χ0n) is 24.3. The van der Waals surface area contributed by atoms with Gasteiger partial charge in [0, 0.05) is 62.6 Å². The monoisotopic (exact) mass is 632 g/mol. The zero-order chi connectivity index (χ0) is 31.6. The summed E-state index contributed by atoms with van der Waals surface area (Å²) >= 11 is 3.33. The largest absolute Gasteiger partial charge is 0.289 e. The molecule has 0 amide bonds. The van der Waals surface area contributed by atoms with Crippen molar-refractivity contribution in [1.29, 1.82) is 0 Å². The molecule has 6 aromatic carbocycles. The molecule has 1 aliphatic carbocycles. The third kappa shape index (κ3) is 5.34. The molecule has 46 heavy (non-hydrogen) atoms. The molecule has 220 valence electrons. The molecule has 1 aliphatic rings. The molecule has 0 N–H and O–H groups in total. The molecule has 0 unspecified atom stereocenters. The van der Waals surface area contributed by atoms with Gasteiger partial charge in [-0.15, -0.1) is 22.7 Å². The molecule has 0 aliphatic heterocycles. The molecule has 9 rings (SSSR count). The highest BCUT2D eigenvalue weighted by atomic mass is 32.1. The van der Waals surface area contributed by atoms with Crippen LogP contribution in [0.1, 0.15) is 31.8 Å². The Bertz CT molecular complexity index is 2230. The van der Waals surface area contributed by atoms with E-state index < -0.39 is 0 Å². The van der Waals surface area contributed by atoms with Gasteiger partial charge in [0.25, 0.3) is 0 Å². The van der Waals surface area contributed by atoms with Crippen LogP contribution >= 0.6 is 22.7 Å². The number of carbonyl (C=O) groups is 2. The lowest BCUT2D eigenvalue weighted by atomic mass is 9.84. The van der Waals surface area contributed by atoms with E-state index in [2.05, 4.69) is 0 Å². The summed E-state index contributed by atoms with van der Waals surface area (Å²) in [5.74, 6) is -0.128. The van der Waals surface area contributed by atoms with Crippen molar-refractivity contribution in [2.75, 3.05) is 0 Å². The summed E-state index contributed by atoms with van der Waals surface area (Å²) in [6, 6.07) is 44.9. The van der Waals surface area contributed by atoms with Gasteiger partial charge in [-0.05, 0) is 48.5 Å². The second-order valence-corrected chi connectivity index (χ2v) is 12.8. The topological polar surface area (TPSA) is 68.3 Å². The lowest BCUT2D eigenvalue weighted by molar-refractivity contribution is 0.0979. The van der Waals surface area contributed by atoms with E-state index in [9.17, 15) is 19.2 Å². The maximum absolute atomic E-state index is 12.1. The number of benzene rings is 6. The van der Waals surface area contributed by atoms with Gasteiger partial charge in [-0.2, -0.15) is 0 Å². The molecule has 0 spiro atoms. The van der Waals surface area contributed by atoms with Gasteiger partial charge in [0.05, 0.1) is 0 Å². The summed E-state index contributed by atoms with van der Waals surface area (Å²) in [6.07, 6.45) is 0. The summed E-state index contributed by atoms with van der Waals surface area (Å²) in [4.78, 5) is 48.4. The van der Waals surface area contributed by atoms with Gasteiger partial charge < -0.3 is 0 Å². The smallest absolute Gasteiger partial charge is 0.195 e. The van der Waals surface area contributed by atoms with Crippen LogP contribution < -0.4 is 10.9 Å². The third-order valence-electron chi connectivity index (χ3n) is 7.80. The molecule has 4 nitrogen and oxygen atoms in total. The summed E-state index contributed by atoms with van der Waals surface area (Å²) in [7, 11) is 0. The van der Waals surface area contributed by atoms with E-state index in [1.54, 1.807) is 71.2 Å². The first-order chi connectivity index (χ1) is 22.5. The average molecular weight is 633 g/mol. The molecule has 0 saturated carbocycles. The predicted molar refractivity (Wildman–Crippen MR) is 191 cm³/mol. The van der Waals surface area contributed by atoms with Crippen molar-refractivity contribution in [3.8, 4) is 0 Å². The molecule has 0 fully saturated rings. The molecule has 0 radical (unpaired) electrons. The number of fused-ring (bicyclic) bond motifs is 6.